The van der Waals surface area contributed by atoms with Crippen LogP contribution in [0.4, 0.5) is 4.39 Å². The molecule has 208 valence electrons. The summed E-state index contributed by atoms with van der Waals surface area (Å²) in [7, 11) is 1.66. The molecule has 7 heteroatoms. The van der Waals surface area contributed by atoms with Crippen LogP contribution >= 0.6 is 11.3 Å². The third kappa shape index (κ3) is 4.76. The lowest BCUT2D eigenvalue weighted by Crippen LogP contribution is -2.38. The van der Waals surface area contributed by atoms with Crippen LogP contribution < -0.4 is 24.4 Å². The summed E-state index contributed by atoms with van der Waals surface area (Å²) in [5.41, 5.74) is 6.82. The number of thiazole rings is 1. The maximum absolute atomic E-state index is 14.0. The van der Waals surface area contributed by atoms with Gasteiger partial charge in [0.15, 0.2) is 4.80 Å². The van der Waals surface area contributed by atoms with Gasteiger partial charge in [0.1, 0.15) is 23.9 Å². The van der Waals surface area contributed by atoms with Gasteiger partial charge in [-0.3, -0.25) is 9.36 Å². The van der Waals surface area contributed by atoms with Gasteiger partial charge in [-0.05, 0) is 71.5 Å². The minimum absolute atomic E-state index is 0.0724. The third-order valence-corrected chi connectivity index (χ3v) is 8.80. The highest BCUT2D eigenvalue weighted by atomic mass is 32.1. The Morgan fingerprint density at radius 2 is 1.76 bits per heavy atom. The number of fused-ring (bicyclic) bond motifs is 3. The summed E-state index contributed by atoms with van der Waals surface area (Å²) in [4.78, 5) is 19.8. The molecule has 2 heterocycles. The molecular weight excluding hydrogens is 547 g/mol. The molecule has 4 aromatic carbocycles. The van der Waals surface area contributed by atoms with E-state index in [0.717, 1.165) is 46.6 Å². The van der Waals surface area contributed by atoms with Crippen molar-refractivity contribution < 1.29 is 13.9 Å². The van der Waals surface area contributed by atoms with E-state index in [2.05, 4.69) is 24.3 Å². The molecule has 0 saturated carbocycles. The topological polar surface area (TPSA) is 52.8 Å². The second-order valence-corrected chi connectivity index (χ2v) is 11.3. The van der Waals surface area contributed by atoms with Crippen LogP contribution in [0, 0.1) is 5.82 Å². The number of nitrogens with zero attached hydrogens (tertiary/aromatic N) is 2. The number of halogens is 1. The molecule has 0 amide bonds. The summed E-state index contributed by atoms with van der Waals surface area (Å²) in [5, 5.41) is 0. The van der Waals surface area contributed by atoms with Crippen molar-refractivity contribution in [3.05, 3.63) is 156 Å². The number of aryl methyl sites for hydroxylation is 1. The fourth-order valence-electron chi connectivity index (χ4n) is 5.72. The SMILES string of the molecule is COc1cccc([C@@H]2C3=C(N=c4s/c(=C/c5ccc(OCc6ccccc6F)cc5)c(=O)n42)c2ccccc2CC3)c1. The quantitative estimate of drug-likeness (QED) is 0.248. The molecule has 0 N–H and O–H groups in total. The van der Waals surface area contributed by atoms with Crippen molar-refractivity contribution in [2.24, 2.45) is 4.99 Å². The van der Waals surface area contributed by atoms with Crippen molar-refractivity contribution in [1.29, 1.82) is 0 Å². The molecule has 5 aromatic rings. The maximum atomic E-state index is 14.0. The van der Waals surface area contributed by atoms with Gasteiger partial charge < -0.3 is 9.47 Å². The van der Waals surface area contributed by atoms with E-state index in [1.54, 1.807) is 25.3 Å². The molecule has 0 saturated heterocycles. The Hall–Kier alpha value is -4.75. The van der Waals surface area contributed by atoms with Crippen LogP contribution in [0.2, 0.25) is 0 Å². The third-order valence-electron chi connectivity index (χ3n) is 7.81. The van der Waals surface area contributed by atoms with E-state index in [0.29, 0.717) is 20.6 Å². The Bertz CT molecular complexity index is 2020. The number of aromatic nitrogens is 1. The lowest BCUT2D eigenvalue weighted by atomic mass is 9.83. The lowest BCUT2D eigenvalue weighted by molar-refractivity contribution is 0.300. The van der Waals surface area contributed by atoms with Crippen molar-refractivity contribution in [3.63, 3.8) is 0 Å². The van der Waals surface area contributed by atoms with Crippen LogP contribution in [0.25, 0.3) is 11.8 Å². The summed E-state index contributed by atoms with van der Waals surface area (Å²) < 4.78 is 27.7. The Morgan fingerprint density at radius 1 is 0.952 bits per heavy atom. The van der Waals surface area contributed by atoms with Crippen molar-refractivity contribution in [2.45, 2.75) is 25.5 Å². The van der Waals surface area contributed by atoms with Gasteiger partial charge in [0.25, 0.3) is 5.56 Å². The molecule has 0 fully saturated rings. The van der Waals surface area contributed by atoms with Crippen molar-refractivity contribution in [1.82, 2.24) is 4.57 Å². The van der Waals surface area contributed by atoms with E-state index in [-0.39, 0.29) is 24.0 Å². The summed E-state index contributed by atoms with van der Waals surface area (Å²) in [6.07, 6.45) is 3.63. The predicted molar refractivity (Wildman–Crippen MR) is 163 cm³/mol. The van der Waals surface area contributed by atoms with Gasteiger partial charge in [-0.15, -0.1) is 0 Å². The second kappa shape index (κ2) is 10.9. The van der Waals surface area contributed by atoms with Gasteiger partial charge >= 0.3 is 0 Å². The first-order valence-electron chi connectivity index (χ1n) is 13.8. The highest BCUT2D eigenvalue weighted by Crippen LogP contribution is 2.41. The van der Waals surface area contributed by atoms with Crippen LogP contribution in [0.5, 0.6) is 11.5 Å². The molecule has 0 radical (unpaired) electrons. The average molecular weight is 575 g/mol. The van der Waals surface area contributed by atoms with Crippen molar-refractivity contribution in [3.8, 4) is 11.5 Å². The first-order valence-corrected chi connectivity index (χ1v) is 14.6. The molecule has 2 aliphatic rings. The number of hydrogen-bond acceptors (Lipinski definition) is 5. The number of hydrogen-bond donors (Lipinski definition) is 0. The number of benzene rings is 4. The molecule has 0 unspecified atom stereocenters. The molecule has 1 atom stereocenters. The zero-order chi connectivity index (χ0) is 28.6. The van der Waals surface area contributed by atoms with E-state index < -0.39 is 0 Å². The standard InChI is InChI=1S/C35H27FN2O3S/c1-40-27-10-6-9-24(20-27)33-29-18-15-23-7-2-4-11-28(23)32(29)37-35-38(33)34(39)31(42-35)19-22-13-16-26(17-14-22)41-21-25-8-3-5-12-30(25)36/h2-14,16-17,19-20,33H,15,18,21H2,1H3/b31-19+/t33-/m1/s1. The van der Waals surface area contributed by atoms with Gasteiger partial charge in [0.05, 0.1) is 23.4 Å². The number of allylic oxidation sites excluding steroid dienone is 1. The Balaban J connectivity index is 1.28. The van der Waals surface area contributed by atoms with E-state index in [9.17, 15) is 9.18 Å². The predicted octanol–water partition coefficient (Wildman–Crippen LogP) is 6.05. The summed E-state index contributed by atoms with van der Waals surface area (Å²) in [6.45, 7) is 0.142. The molecule has 7 rings (SSSR count). The number of methoxy groups -OCH3 is 1. The fourth-order valence-corrected chi connectivity index (χ4v) is 6.72. The van der Waals surface area contributed by atoms with Gasteiger partial charge in [-0.2, -0.15) is 0 Å². The van der Waals surface area contributed by atoms with Crippen molar-refractivity contribution in [2.75, 3.05) is 7.11 Å². The monoisotopic (exact) mass is 574 g/mol. The fraction of sp³-hybridized carbons (Fsp3) is 0.143. The van der Waals surface area contributed by atoms with Gasteiger partial charge in [0.2, 0.25) is 0 Å². The molecule has 1 aliphatic carbocycles. The highest BCUT2D eigenvalue weighted by Gasteiger charge is 2.32. The largest absolute Gasteiger partial charge is 0.497 e. The van der Waals surface area contributed by atoms with E-state index in [4.69, 9.17) is 14.5 Å². The number of ether oxygens (including phenoxy) is 2. The summed E-state index contributed by atoms with van der Waals surface area (Å²) >= 11 is 1.40. The molecule has 5 nitrogen and oxygen atoms in total. The van der Waals surface area contributed by atoms with Crippen LogP contribution in [0.3, 0.4) is 0 Å². The zero-order valence-corrected chi connectivity index (χ0v) is 23.7. The molecular formula is C35H27FN2O3S. The highest BCUT2D eigenvalue weighted by molar-refractivity contribution is 7.07. The van der Waals surface area contributed by atoms with E-state index in [1.807, 2.05) is 59.2 Å². The summed E-state index contributed by atoms with van der Waals surface area (Å²) in [5.74, 6) is 1.09. The maximum Gasteiger partial charge on any atom is 0.271 e. The van der Waals surface area contributed by atoms with Crippen LogP contribution in [0.1, 0.15) is 40.3 Å². The Labute approximate surface area is 246 Å². The molecule has 1 aliphatic heterocycles. The average Bonchev–Trinajstić information content (AvgIpc) is 3.34. The molecule has 42 heavy (non-hydrogen) atoms. The number of rotatable bonds is 6. The van der Waals surface area contributed by atoms with Crippen molar-refractivity contribution >= 4 is 23.1 Å². The minimum atomic E-state index is -0.290. The van der Waals surface area contributed by atoms with Gasteiger partial charge in [-0.25, -0.2) is 9.38 Å². The lowest BCUT2D eigenvalue weighted by Gasteiger charge is -2.31. The van der Waals surface area contributed by atoms with Crippen LogP contribution in [-0.2, 0) is 13.0 Å². The first kappa shape index (κ1) is 26.2. The van der Waals surface area contributed by atoms with Gasteiger partial charge in [0, 0.05) is 11.1 Å². The molecule has 0 bridgehead atoms. The first-order chi connectivity index (χ1) is 20.6. The smallest absolute Gasteiger partial charge is 0.271 e. The molecule has 0 spiro atoms. The Kier molecular flexibility index (Phi) is 6.80. The van der Waals surface area contributed by atoms with E-state index >= 15 is 0 Å². The normalized spacial score (nSPS) is 15.9. The minimum Gasteiger partial charge on any atom is -0.497 e. The molecule has 1 aromatic heterocycles. The van der Waals surface area contributed by atoms with Crippen LogP contribution in [0.15, 0.2) is 112 Å². The van der Waals surface area contributed by atoms with Gasteiger partial charge in [-0.1, -0.05) is 78.1 Å². The zero-order valence-electron chi connectivity index (χ0n) is 22.9. The van der Waals surface area contributed by atoms with Crippen LogP contribution in [-0.4, -0.2) is 11.7 Å². The summed E-state index contributed by atoms with van der Waals surface area (Å²) in [6, 6.07) is 30.1. The van der Waals surface area contributed by atoms with E-state index in [1.165, 1.54) is 23.0 Å². The second-order valence-electron chi connectivity index (χ2n) is 10.3. The Morgan fingerprint density at radius 3 is 2.60 bits per heavy atom.